The number of carbonyl (C=O) groups is 1. The highest BCUT2D eigenvalue weighted by atomic mass is 16.5. The van der Waals surface area contributed by atoms with Crippen LogP contribution in [-0.4, -0.2) is 66.2 Å². The van der Waals surface area contributed by atoms with Crippen LogP contribution >= 0.6 is 0 Å². The van der Waals surface area contributed by atoms with Crippen LogP contribution in [0.15, 0.2) is 24.5 Å². The molecule has 0 spiro atoms. The van der Waals surface area contributed by atoms with Gasteiger partial charge in [-0.05, 0) is 37.3 Å². The Morgan fingerprint density at radius 2 is 1.96 bits per heavy atom. The number of amides is 2. The molecule has 3 atom stereocenters. The highest BCUT2D eigenvalue weighted by Crippen LogP contribution is 2.38. The fraction of sp³-hybridized carbons (Fsp3) is 0.700. The number of hydrogen-bond acceptors (Lipinski definition) is 4. The Bertz CT molecular complexity index is 589. The third kappa shape index (κ3) is 3.86. The maximum atomic E-state index is 12.7. The van der Waals surface area contributed by atoms with Gasteiger partial charge in [-0.15, -0.1) is 0 Å². The first-order chi connectivity index (χ1) is 12.7. The Balaban J connectivity index is 1.23. The molecular weight excluding hydrogens is 328 g/mol. The van der Waals surface area contributed by atoms with Crippen molar-refractivity contribution in [3.8, 4) is 0 Å². The van der Waals surface area contributed by atoms with Gasteiger partial charge in [0.25, 0.3) is 0 Å². The molecule has 1 saturated carbocycles. The minimum atomic E-state index is 0.127. The SMILES string of the molecule is COC1[C@@H]2CC[C@H]1CN(C(=O)NC1CCN(Cc3cccnc3)CC1)C2. The summed E-state index contributed by atoms with van der Waals surface area (Å²) in [6.07, 6.45) is 8.54. The number of hydrogen-bond donors (Lipinski definition) is 1. The Morgan fingerprint density at radius 1 is 1.23 bits per heavy atom. The molecule has 2 saturated heterocycles. The van der Waals surface area contributed by atoms with Gasteiger partial charge in [-0.1, -0.05) is 6.07 Å². The number of pyridine rings is 1. The van der Waals surface area contributed by atoms with Crippen molar-refractivity contribution in [2.45, 2.75) is 44.4 Å². The summed E-state index contributed by atoms with van der Waals surface area (Å²) in [4.78, 5) is 21.4. The smallest absolute Gasteiger partial charge is 0.317 e. The van der Waals surface area contributed by atoms with E-state index in [1.165, 1.54) is 18.4 Å². The van der Waals surface area contributed by atoms with E-state index >= 15 is 0 Å². The zero-order valence-electron chi connectivity index (χ0n) is 15.6. The van der Waals surface area contributed by atoms with Gasteiger partial charge in [0.1, 0.15) is 0 Å². The fourth-order valence-electron chi connectivity index (χ4n) is 4.97. The van der Waals surface area contributed by atoms with Gasteiger partial charge in [0.2, 0.25) is 0 Å². The number of nitrogens with zero attached hydrogens (tertiary/aromatic N) is 3. The van der Waals surface area contributed by atoms with Crippen LogP contribution in [0.25, 0.3) is 0 Å². The molecule has 4 rings (SSSR count). The van der Waals surface area contributed by atoms with Crippen LogP contribution in [0.3, 0.4) is 0 Å². The molecule has 0 radical (unpaired) electrons. The van der Waals surface area contributed by atoms with Gasteiger partial charge >= 0.3 is 6.03 Å². The number of piperidine rings is 2. The van der Waals surface area contributed by atoms with Gasteiger partial charge < -0.3 is 15.0 Å². The van der Waals surface area contributed by atoms with Gasteiger partial charge in [-0.3, -0.25) is 9.88 Å². The number of aromatic nitrogens is 1. The van der Waals surface area contributed by atoms with E-state index in [-0.39, 0.29) is 6.03 Å². The minimum absolute atomic E-state index is 0.127. The Morgan fingerprint density at radius 3 is 2.58 bits per heavy atom. The number of nitrogens with one attached hydrogen (secondary N) is 1. The second kappa shape index (κ2) is 7.92. The largest absolute Gasteiger partial charge is 0.381 e. The molecule has 26 heavy (non-hydrogen) atoms. The first-order valence-electron chi connectivity index (χ1n) is 9.92. The van der Waals surface area contributed by atoms with Gasteiger partial charge in [0.05, 0.1) is 6.10 Å². The first kappa shape index (κ1) is 17.7. The van der Waals surface area contributed by atoms with E-state index in [2.05, 4.69) is 21.3 Å². The first-order valence-corrected chi connectivity index (χ1v) is 9.92. The molecule has 1 N–H and O–H groups in total. The number of likely N-dealkylation sites (tertiary alicyclic amines) is 2. The highest BCUT2D eigenvalue weighted by molar-refractivity contribution is 5.74. The molecule has 6 nitrogen and oxygen atoms in total. The Kier molecular flexibility index (Phi) is 5.41. The molecule has 1 aromatic heterocycles. The van der Waals surface area contributed by atoms with Crippen molar-refractivity contribution in [1.82, 2.24) is 20.1 Å². The maximum absolute atomic E-state index is 12.7. The summed E-state index contributed by atoms with van der Waals surface area (Å²) in [7, 11) is 1.81. The van der Waals surface area contributed by atoms with Crippen LogP contribution < -0.4 is 5.32 Å². The van der Waals surface area contributed by atoms with Crippen LogP contribution in [0.5, 0.6) is 0 Å². The van der Waals surface area contributed by atoms with Crippen LogP contribution in [0.1, 0.15) is 31.2 Å². The molecule has 2 amide bonds. The van der Waals surface area contributed by atoms with E-state index in [1.54, 1.807) is 0 Å². The van der Waals surface area contributed by atoms with Gasteiger partial charge in [0, 0.05) is 70.1 Å². The van der Waals surface area contributed by atoms with E-state index in [0.29, 0.717) is 24.0 Å². The highest BCUT2D eigenvalue weighted by Gasteiger charge is 2.43. The molecule has 1 unspecified atom stereocenters. The molecule has 1 aromatic rings. The zero-order valence-corrected chi connectivity index (χ0v) is 15.6. The summed E-state index contributed by atoms with van der Waals surface area (Å²) in [6.45, 7) is 4.69. The molecule has 3 fully saturated rings. The topological polar surface area (TPSA) is 57.7 Å². The summed E-state index contributed by atoms with van der Waals surface area (Å²) in [6, 6.07) is 4.54. The zero-order chi connectivity index (χ0) is 17.9. The van der Waals surface area contributed by atoms with Crippen molar-refractivity contribution >= 4 is 6.03 Å². The number of ether oxygens (including phenoxy) is 1. The lowest BCUT2D eigenvalue weighted by Crippen LogP contribution is -2.54. The van der Waals surface area contributed by atoms with Gasteiger partial charge in [0.15, 0.2) is 0 Å². The summed E-state index contributed by atoms with van der Waals surface area (Å²) in [5.41, 5.74) is 1.26. The van der Waals surface area contributed by atoms with Gasteiger partial charge in [-0.25, -0.2) is 4.79 Å². The van der Waals surface area contributed by atoms with Gasteiger partial charge in [-0.2, -0.15) is 0 Å². The van der Waals surface area contributed by atoms with Crippen LogP contribution in [-0.2, 0) is 11.3 Å². The second-order valence-electron chi connectivity index (χ2n) is 8.06. The van der Waals surface area contributed by atoms with E-state index in [4.69, 9.17) is 4.74 Å². The summed E-state index contributed by atoms with van der Waals surface area (Å²) >= 11 is 0. The van der Waals surface area contributed by atoms with Crippen LogP contribution in [0.2, 0.25) is 0 Å². The maximum Gasteiger partial charge on any atom is 0.317 e. The minimum Gasteiger partial charge on any atom is -0.381 e. The average molecular weight is 358 g/mol. The monoisotopic (exact) mass is 358 g/mol. The van der Waals surface area contributed by atoms with E-state index in [1.807, 2.05) is 30.5 Å². The van der Waals surface area contributed by atoms with Crippen molar-refractivity contribution in [3.05, 3.63) is 30.1 Å². The van der Waals surface area contributed by atoms with Crippen molar-refractivity contribution < 1.29 is 9.53 Å². The Labute approximate surface area is 155 Å². The van der Waals surface area contributed by atoms with Crippen LogP contribution in [0, 0.1) is 11.8 Å². The lowest BCUT2D eigenvalue weighted by Gasteiger charge is -2.39. The Hall–Kier alpha value is -1.66. The standard InChI is InChI=1S/C20H30N4O2/c1-26-19-16-4-5-17(19)14-24(13-16)20(25)22-18-6-9-23(10-7-18)12-15-3-2-8-21-11-15/h2-3,8,11,16-19H,4-7,9-10,12-14H2,1H3,(H,22,25)/t16-,17+,19?. The molecule has 1 aliphatic carbocycles. The molecular formula is C20H30N4O2. The lowest BCUT2D eigenvalue weighted by molar-refractivity contribution is -0.00555. The normalized spacial score (nSPS) is 29.7. The summed E-state index contributed by atoms with van der Waals surface area (Å²) in [5.74, 6) is 1.04. The molecule has 0 aromatic carbocycles. The van der Waals surface area contributed by atoms with Crippen molar-refractivity contribution in [2.75, 3.05) is 33.3 Å². The second-order valence-corrected chi connectivity index (χ2v) is 8.06. The third-order valence-electron chi connectivity index (χ3n) is 6.35. The van der Waals surface area contributed by atoms with Crippen molar-refractivity contribution in [3.63, 3.8) is 0 Å². The third-order valence-corrected chi connectivity index (χ3v) is 6.35. The van der Waals surface area contributed by atoms with Crippen molar-refractivity contribution in [1.29, 1.82) is 0 Å². The predicted molar refractivity (Wildman–Crippen MR) is 99.7 cm³/mol. The molecule has 142 valence electrons. The predicted octanol–water partition coefficient (Wildman–Crippen LogP) is 2.11. The fourth-order valence-corrected chi connectivity index (χ4v) is 4.97. The number of methoxy groups -OCH3 is 1. The average Bonchev–Trinajstić information content (AvgIpc) is 2.91. The summed E-state index contributed by atoms with van der Waals surface area (Å²) < 4.78 is 5.65. The molecule has 6 heteroatoms. The van der Waals surface area contributed by atoms with Crippen LogP contribution in [0.4, 0.5) is 4.79 Å². The van der Waals surface area contributed by atoms with E-state index in [9.17, 15) is 4.79 Å². The molecule has 2 aliphatic heterocycles. The summed E-state index contributed by atoms with van der Waals surface area (Å²) in [5, 5.41) is 3.28. The van der Waals surface area contributed by atoms with E-state index < -0.39 is 0 Å². The molecule has 2 bridgehead atoms. The number of urea groups is 1. The quantitative estimate of drug-likeness (QED) is 0.896. The lowest BCUT2D eigenvalue weighted by atomic mass is 9.95. The number of rotatable bonds is 4. The number of carbonyl (C=O) groups excluding carboxylic acids is 1. The molecule has 3 aliphatic rings. The van der Waals surface area contributed by atoms with E-state index in [0.717, 1.165) is 45.6 Å². The molecule has 3 heterocycles. The number of fused-ring (bicyclic) bond motifs is 2. The van der Waals surface area contributed by atoms with Crippen molar-refractivity contribution in [2.24, 2.45) is 11.8 Å².